The first-order valence-electron chi connectivity index (χ1n) is 8.31. The number of nitrogens with zero attached hydrogens (tertiary/aromatic N) is 2. The van der Waals surface area contributed by atoms with Crippen molar-refractivity contribution >= 4 is 44.0 Å². The highest BCUT2D eigenvalue weighted by Crippen LogP contribution is 2.32. The summed E-state index contributed by atoms with van der Waals surface area (Å²) in [6.45, 7) is 2.05. The van der Waals surface area contributed by atoms with Crippen molar-refractivity contribution in [1.29, 1.82) is 0 Å². The zero-order valence-corrected chi connectivity index (χ0v) is 17.2. The Morgan fingerprint density at radius 3 is 2.57 bits per heavy atom. The number of nitrogens with two attached hydrogens (primary N) is 1. The third-order valence-corrected chi connectivity index (χ3v) is 6.27. The van der Waals surface area contributed by atoms with E-state index in [4.69, 9.17) is 16.7 Å². The summed E-state index contributed by atoms with van der Waals surface area (Å²) in [7, 11) is -3.95. The van der Waals surface area contributed by atoms with Crippen molar-refractivity contribution < 1.29 is 13.2 Å². The summed E-state index contributed by atoms with van der Waals surface area (Å²) in [6, 6.07) is 13.6. The molecule has 3 rings (SSSR count). The van der Waals surface area contributed by atoms with E-state index < -0.39 is 15.9 Å². The molecular formula is C18H17ClN4O3S2. The van der Waals surface area contributed by atoms with E-state index in [9.17, 15) is 13.2 Å². The molecule has 146 valence electrons. The van der Waals surface area contributed by atoms with Gasteiger partial charge in [0.25, 0.3) is 5.91 Å². The summed E-state index contributed by atoms with van der Waals surface area (Å²) in [5.74, 6) is -0.524. The molecular weight excluding hydrogens is 420 g/mol. The van der Waals surface area contributed by atoms with Gasteiger partial charge in [0, 0.05) is 5.92 Å². The summed E-state index contributed by atoms with van der Waals surface area (Å²) in [4.78, 5) is 12.3. The van der Waals surface area contributed by atoms with Gasteiger partial charge in [-0.05, 0) is 30.2 Å². The zero-order valence-electron chi connectivity index (χ0n) is 14.8. The largest absolute Gasteiger partial charge is 0.296 e. The monoisotopic (exact) mass is 436 g/mol. The average molecular weight is 437 g/mol. The molecule has 0 spiro atoms. The van der Waals surface area contributed by atoms with Gasteiger partial charge in [0.15, 0.2) is 0 Å². The van der Waals surface area contributed by atoms with Gasteiger partial charge >= 0.3 is 0 Å². The maximum atomic E-state index is 12.5. The molecule has 28 heavy (non-hydrogen) atoms. The number of amides is 1. The topological polar surface area (TPSA) is 115 Å². The van der Waals surface area contributed by atoms with Crippen LogP contribution in [0.4, 0.5) is 5.13 Å². The Bertz CT molecular complexity index is 1100. The van der Waals surface area contributed by atoms with Crippen LogP contribution in [-0.4, -0.2) is 24.5 Å². The number of anilines is 1. The molecule has 0 aliphatic heterocycles. The Balaban J connectivity index is 1.83. The number of rotatable bonds is 6. The minimum Gasteiger partial charge on any atom is -0.296 e. The maximum absolute atomic E-state index is 12.5. The standard InChI is InChI=1S/C18H17ClN4O3S2/c1-2-13(11-6-4-3-5-7-11)17-22-23-18(27-17)21-16(24)14-10-12(28(20,25)26)8-9-15(14)19/h3-10,13H,2H2,1H3,(H2,20,25,26)(H,21,23,24). The molecule has 0 saturated heterocycles. The predicted molar refractivity (Wildman–Crippen MR) is 109 cm³/mol. The average Bonchev–Trinajstić information content (AvgIpc) is 3.10. The van der Waals surface area contributed by atoms with Crippen LogP contribution in [0.5, 0.6) is 0 Å². The van der Waals surface area contributed by atoms with Gasteiger partial charge in [-0.1, -0.05) is 60.2 Å². The third kappa shape index (κ3) is 4.56. The second-order valence-electron chi connectivity index (χ2n) is 5.96. The molecule has 0 bridgehead atoms. The number of carbonyl (C=O) groups excluding carboxylic acids is 1. The van der Waals surface area contributed by atoms with Gasteiger partial charge in [-0.2, -0.15) is 0 Å². The molecule has 7 nitrogen and oxygen atoms in total. The number of hydrogen-bond donors (Lipinski definition) is 2. The predicted octanol–water partition coefficient (Wildman–Crippen LogP) is 3.63. The molecule has 1 amide bonds. The van der Waals surface area contributed by atoms with Crippen LogP contribution in [0.3, 0.4) is 0 Å². The van der Waals surface area contributed by atoms with Crippen LogP contribution in [-0.2, 0) is 10.0 Å². The quantitative estimate of drug-likeness (QED) is 0.612. The van der Waals surface area contributed by atoms with Gasteiger partial charge in [0.2, 0.25) is 15.2 Å². The summed E-state index contributed by atoms with van der Waals surface area (Å²) >= 11 is 7.30. The third-order valence-electron chi connectivity index (χ3n) is 4.08. The number of carbonyl (C=O) groups is 1. The van der Waals surface area contributed by atoms with Crippen molar-refractivity contribution in [1.82, 2.24) is 10.2 Å². The molecule has 10 heteroatoms. The SMILES string of the molecule is CCC(c1ccccc1)c1nnc(NC(=O)c2cc(S(N)(=O)=O)ccc2Cl)s1. The number of aromatic nitrogens is 2. The first-order valence-corrected chi connectivity index (χ1v) is 11.1. The number of halogens is 1. The Morgan fingerprint density at radius 1 is 1.21 bits per heavy atom. The number of benzene rings is 2. The van der Waals surface area contributed by atoms with Crippen LogP contribution >= 0.6 is 22.9 Å². The maximum Gasteiger partial charge on any atom is 0.259 e. The molecule has 1 heterocycles. The van der Waals surface area contributed by atoms with Gasteiger partial charge in [0.1, 0.15) is 5.01 Å². The highest BCUT2D eigenvalue weighted by Gasteiger charge is 2.20. The summed E-state index contributed by atoms with van der Waals surface area (Å²) in [5.41, 5.74) is 1.10. The van der Waals surface area contributed by atoms with Crippen LogP contribution in [0, 0.1) is 0 Å². The molecule has 0 aliphatic carbocycles. The molecule has 0 aliphatic rings. The van der Waals surface area contributed by atoms with Crippen molar-refractivity contribution in [3.63, 3.8) is 0 Å². The molecule has 3 aromatic rings. The van der Waals surface area contributed by atoms with Crippen LogP contribution in [0.15, 0.2) is 53.4 Å². The van der Waals surface area contributed by atoms with Gasteiger partial charge in [-0.15, -0.1) is 10.2 Å². The normalized spacial score (nSPS) is 12.5. The molecule has 1 atom stereocenters. The molecule has 1 aromatic heterocycles. The lowest BCUT2D eigenvalue weighted by Crippen LogP contribution is -2.16. The van der Waals surface area contributed by atoms with Crippen LogP contribution in [0.1, 0.15) is 40.2 Å². The Kier molecular flexibility index (Phi) is 6.09. The molecule has 0 fully saturated rings. The lowest BCUT2D eigenvalue weighted by molar-refractivity contribution is 0.102. The minimum atomic E-state index is -3.95. The van der Waals surface area contributed by atoms with Crippen LogP contribution in [0.2, 0.25) is 5.02 Å². The van der Waals surface area contributed by atoms with E-state index in [2.05, 4.69) is 22.4 Å². The van der Waals surface area contributed by atoms with Crippen molar-refractivity contribution in [2.75, 3.05) is 5.32 Å². The number of primary sulfonamides is 1. The molecule has 0 saturated carbocycles. The lowest BCUT2D eigenvalue weighted by atomic mass is 9.97. The van der Waals surface area contributed by atoms with Crippen molar-refractivity contribution in [3.8, 4) is 0 Å². The first kappa shape index (κ1) is 20.4. The van der Waals surface area contributed by atoms with Crippen LogP contribution in [0.25, 0.3) is 0 Å². The second kappa shape index (κ2) is 8.36. The Hall–Kier alpha value is -2.33. The summed E-state index contributed by atoms with van der Waals surface area (Å²) < 4.78 is 23.0. The zero-order chi connectivity index (χ0) is 20.3. The van der Waals surface area contributed by atoms with Gasteiger partial charge in [0.05, 0.1) is 15.5 Å². The second-order valence-corrected chi connectivity index (χ2v) is 8.94. The van der Waals surface area contributed by atoms with E-state index in [1.54, 1.807) is 0 Å². The fraction of sp³-hybridized carbons (Fsp3) is 0.167. The highest BCUT2D eigenvalue weighted by molar-refractivity contribution is 7.89. The highest BCUT2D eigenvalue weighted by atomic mass is 35.5. The molecule has 2 aromatic carbocycles. The summed E-state index contributed by atoms with van der Waals surface area (Å²) in [5, 5.41) is 17.1. The molecule has 0 radical (unpaired) electrons. The van der Waals surface area contributed by atoms with E-state index in [-0.39, 0.29) is 21.4 Å². The van der Waals surface area contributed by atoms with Crippen molar-refractivity contribution in [3.05, 3.63) is 69.7 Å². The minimum absolute atomic E-state index is 0.0138. The number of sulfonamides is 1. The number of hydrogen-bond acceptors (Lipinski definition) is 6. The van der Waals surface area contributed by atoms with E-state index in [1.807, 2.05) is 30.3 Å². The van der Waals surface area contributed by atoms with E-state index in [0.717, 1.165) is 23.1 Å². The fourth-order valence-corrected chi connectivity index (χ4v) is 4.38. The molecule has 3 N–H and O–H groups in total. The van der Waals surface area contributed by atoms with Crippen molar-refractivity contribution in [2.45, 2.75) is 24.2 Å². The molecule has 1 unspecified atom stereocenters. The van der Waals surface area contributed by atoms with Crippen LogP contribution < -0.4 is 10.5 Å². The smallest absolute Gasteiger partial charge is 0.259 e. The number of nitrogens with one attached hydrogen (secondary N) is 1. The van der Waals surface area contributed by atoms with E-state index in [0.29, 0.717) is 5.13 Å². The Morgan fingerprint density at radius 2 is 1.93 bits per heavy atom. The fourth-order valence-electron chi connectivity index (χ4n) is 2.68. The van der Waals surface area contributed by atoms with E-state index >= 15 is 0 Å². The van der Waals surface area contributed by atoms with E-state index in [1.165, 1.54) is 23.5 Å². The van der Waals surface area contributed by atoms with Gasteiger partial charge in [-0.3, -0.25) is 10.1 Å². The Labute approximate surface area is 171 Å². The summed E-state index contributed by atoms with van der Waals surface area (Å²) in [6.07, 6.45) is 0.828. The van der Waals surface area contributed by atoms with Gasteiger partial charge in [-0.25, -0.2) is 13.6 Å². The van der Waals surface area contributed by atoms with Gasteiger partial charge < -0.3 is 0 Å². The lowest BCUT2D eigenvalue weighted by Gasteiger charge is -2.11. The van der Waals surface area contributed by atoms with Crippen molar-refractivity contribution in [2.24, 2.45) is 5.14 Å². The first-order chi connectivity index (χ1) is 13.3.